The van der Waals surface area contributed by atoms with E-state index in [1.165, 1.54) is 0 Å². The van der Waals surface area contributed by atoms with E-state index in [0.29, 0.717) is 12.5 Å². The minimum atomic E-state index is -0.802. The fraction of sp³-hybridized carbons (Fsp3) is 0.684. The van der Waals surface area contributed by atoms with Gasteiger partial charge in [0.1, 0.15) is 6.10 Å². The fourth-order valence-corrected chi connectivity index (χ4v) is 3.61. The third kappa shape index (κ3) is 8.44. The molecule has 1 saturated carbocycles. The second kappa shape index (κ2) is 12.6. The topological polar surface area (TPSA) is 192 Å². The number of aromatic nitrogens is 2. The molecule has 0 saturated heterocycles. The number of carbonyl (C=O) groups excluding carboxylic acids is 1. The third-order valence-corrected chi connectivity index (χ3v) is 5.51. The zero-order valence-corrected chi connectivity index (χ0v) is 18.2. The molecule has 174 valence electrons. The summed E-state index contributed by atoms with van der Waals surface area (Å²) >= 11 is 5.76. The second-order valence-corrected chi connectivity index (χ2v) is 8.06. The SMILES string of the molecule is N=C(NCCCCC1CCC(OCC(O)CO)CC1)NC(=O)c1nc(Cl)c(N)nc1N. The van der Waals surface area contributed by atoms with Crippen molar-refractivity contribution in [2.24, 2.45) is 5.92 Å². The number of nitrogens with one attached hydrogen (secondary N) is 3. The number of hydrogen-bond donors (Lipinski definition) is 7. The highest BCUT2D eigenvalue weighted by molar-refractivity contribution is 6.31. The summed E-state index contributed by atoms with van der Waals surface area (Å²) in [6, 6.07) is 0. The molecule has 1 aromatic rings. The number of aliphatic hydroxyl groups is 2. The third-order valence-electron chi connectivity index (χ3n) is 5.23. The maximum absolute atomic E-state index is 12.2. The standard InChI is InChI=1S/C19H32ClN7O4/c20-15-17(22)26-16(21)14(25-15)18(30)27-19(23)24-8-2-1-3-11-4-6-13(7-5-11)31-10-12(29)9-28/h11-13,28-29H,1-10H2,(H4,21,22,26)(H3,23,24,27,30). The Kier molecular flexibility index (Phi) is 10.2. The van der Waals surface area contributed by atoms with Crippen LogP contribution in [-0.2, 0) is 4.74 Å². The summed E-state index contributed by atoms with van der Waals surface area (Å²) in [6.45, 7) is 0.465. The number of rotatable bonds is 10. The van der Waals surface area contributed by atoms with E-state index >= 15 is 0 Å². The van der Waals surface area contributed by atoms with Crippen molar-refractivity contribution in [3.05, 3.63) is 10.8 Å². The predicted octanol–water partition coefficient (Wildman–Crippen LogP) is 0.647. The minimum absolute atomic E-state index is 0.0644. The molecule has 0 spiro atoms. The highest BCUT2D eigenvalue weighted by Crippen LogP contribution is 2.29. The van der Waals surface area contributed by atoms with E-state index in [0.717, 1.165) is 44.9 Å². The van der Waals surface area contributed by atoms with Crippen LogP contribution < -0.4 is 22.1 Å². The molecule has 1 heterocycles. The van der Waals surface area contributed by atoms with Crippen molar-refractivity contribution >= 4 is 35.1 Å². The first-order valence-corrected chi connectivity index (χ1v) is 10.8. The molecular weight excluding hydrogens is 426 g/mol. The zero-order chi connectivity index (χ0) is 22.8. The van der Waals surface area contributed by atoms with Gasteiger partial charge in [0, 0.05) is 6.54 Å². The smallest absolute Gasteiger partial charge is 0.280 e. The number of halogens is 1. The van der Waals surface area contributed by atoms with Gasteiger partial charge in [-0.25, -0.2) is 9.97 Å². The molecule has 9 N–H and O–H groups in total. The maximum atomic E-state index is 12.2. The molecule has 1 aromatic heterocycles. The van der Waals surface area contributed by atoms with Crippen molar-refractivity contribution in [2.75, 3.05) is 31.2 Å². The van der Waals surface area contributed by atoms with E-state index in [1.807, 2.05) is 0 Å². The Balaban J connectivity index is 1.57. The molecule has 11 nitrogen and oxygen atoms in total. The fourth-order valence-electron chi connectivity index (χ4n) is 3.48. The van der Waals surface area contributed by atoms with Crippen molar-refractivity contribution in [1.82, 2.24) is 20.6 Å². The van der Waals surface area contributed by atoms with Gasteiger partial charge in [-0.15, -0.1) is 0 Å². The number of ether oxygens (including phenoxy) is 1. The van der Waals surface area contributed by atoms with E-state index in [-0.39, 0.29) is 47.8 Å². The van der Waals surface area contributed by atoms with Crippen LogP contribution in [0.5, 0.6) is 0 Å². The number of amides is 1. The van der Waals surface area contributed by atoms with Crippen LogP contribution in [0.1, 0.15) is 55.4 Å². The van der Waals surface area contributed by atoms with E-state index in [9.17, 15) is 9.90 Å². The van der Waals surface area contributed by atoms with Crippen LogP contribution in [0, 0.1) is 11.3 Å². The van der Waals surface area contributed by atoms with Gasteiger partial charge in [-0.2, -0.15) is 0 Å². The lowest BCUT2D eigenvalue weighted by molar-refractivity contribution is -0.0445. The quantitative estimate of drug-likeness (QED) is 0.150. The van der Waals surface area contributed by atoms with Crippen molar-refractivity contribution in [2.45, 2.75) is 57.2 Å². The Morgan fingerprint density at radius 1 is 1.23 bits per heavy atom. The van der Waals surface area contributed by atoms with Gasteiger partial charge >= 0.3 is 0 Å². The Bertz CT molecular complexity index is 744. The first-order valence-electron chi connectivity index (χ1n) is 10.4. The first kappa shape index (κ1) is 25.1. The first-order chi connectivity index (χ1) is 14.8. The lowest BCUT2D eigenvalue weighted by atomic mass is 9.84. The normalized spacial score (nSPS) is 19.6. The van der Waals surface area contributed by atoms with Crippen molar-refractivity contribution in [1.29, 1.82) is 5.41 Å². The number of anilines is 2. The van der Waals surface area contributed by atoms with Crippen LogP contribution in [0.2, 0.25) is 5.15 Å². The average Bonchev–Trinajstić information content (AvgIpc) is 2.75. The number of carbonyl (C=O) groups is 1. The van der Waals surface area contributed by atoms with Crippen LogP contribution in [0.3, 0.4) is 0 Å². The van der Waals surface area contributed by atoms with Crippen LogP contribution in [0.15, 0.2) is 0 Å². The largest absolute Gasteiger partial charge is 0.394 e. The lowest BCUT2D eigenvalue weighted by Gasteiger charge is -2.29. The predicted molar refractivity (Wildman–Crippen MR) is 118 cm³/mol. The average molecular weight is 458 g/mol. The minimum Gasteiger partial charge on any atom is -0.394 e. The molecule has 1 amide bonds. The molecule has 0 bridgehead atoms. The van der Waals surface area contributed by atoms with Crippen LogP contribution in [0.25, 0.3) is 0 Å². The molecule has 31 heavy (non-hydrogen) atoms. The number of nitrogen functional groups attached to an aromatic ring is 2. The highest BCUT2D eigenvalue weighted by atomic mass is 35.5. The molecule has 1 atom stereocenters. The zero-order valence-electron chi connectivity index (χ0n) is 17.4. The molecule has 12 heteroatoms. The molecule has 1 aliphatic rings. The van der Waals surface area contributed by atoms with Gasteiger partial charge in [-0.1, -0.05) is 24.4 Å². The van der Waals surface area contributed by atoms with Crippen molar-refractivity contribution in [3.63, 3.8) is 0 Å². The van der Waals surface area contributed by atoms with Gasteiger partial charge in [0.05, 0.1) is 19.3 Å². The van der Waals surface area contributed by atoms with Gasteiger partial charge < -0.3 is 31.7 Å². The summed E-state index contributed by atoms with van der Waals surface area (Å²) in [7, 11) is 0. The molecule has 0 radical (unpaired) electrons. The summed E-state index contributed by atoms with van der Waals surface area (Å²) in [5, 5.41) is 31.1. The van der Waals surface area contributed by atoms with Crippen LogP contribution in [0.4, 0.5) is 11.6 Å². The van der Waals surface area contributed by atoms with Crippen LogP contribution in [-0.4, -0.2) is 64.0 Å². The van der Waals surface area contributed by atoms with Crippen molar-refractivity contribution < 1.29 is 19.7 Å². The highest BCUT2D eigenvalue weighted by Gasteiger charge is 2.22. The van der Waals surface area contributed by atoms with E-state index in [4.69, 9.17) is 38.3 Å². The number of guanidine groups is 1. The molecule has 1 fully saturated rings. The second-order valence-electron chi connectivity index (χ2n) is 7.70. The Labute approximate surface area is 186 Å². The van der Waals surface area contributed by atoms with E-state index < -0.39 is 12.0 Å². The van der Waals surface area contributed by atoms with Gasteiger partial charge in [-0.05, 0) is 38.0 Å². The Hall–Kier alpha value is -2.21. The summed E-state index contributed by atoms with van der Waals surface area (Å²) in [5.41, 5.74) is 10.9. The van der Waals surface area contributed by atoms with Crippen LogP contribution >= 0.6 is 11.6 Å². The molecule has 1 unspecified atom stereocenters. The Morgan fingerprint density at radius 3 is 2.61 bits per heavy atom. The van der Waals surface area contributed by atoms with Gasteiger partial charge in [-0.3, -0.25) is 15.5 Å². The molecule has 2 rings (SSSR count). The monoisotopic (exact) mass is 457 g/mol. The number of aliphatic hydroxyl groups excluding tert-OH is 2. The number of hydrogen-bond acceptors (Lipinski definition) is 9. The lowest BCUT2D eigenvalue weighted by Crippen LogP contribution is -2.41. The summed E-state index contributed by atoms with van der Waals surface area (Å²) in [4.78, 5) is 19.7. The summed E-state index contributed by atoms with van der Waals surface area (Å²) in [5.74, 6) is -0.405. The maximum Gasteiger partial charge on any atom is 0.280 e. The molecule has 0 aromatic carbocycles. The van der Waals surface area contributed by atoms with Gasteiger partial charge in [0.15, 0.2) is 28.4 Å². The number of unbranched alkanes of at least 4 members (excludes halogenated alkanes) is 1. The summed E-state index contributed by atoms with van der Waals surface area (Å²) in [6.07, 6.45) is 6.46. The molecular formula is C19H32ClN7O4. The van der Waals surface area contributed by atoms with Gasteiger partial charge in [0.2, 0.25) is 0 Å². The molecule has 0 aliphatic heterocycles. The van der Waals surface area contributed by atoms with Gasteiger partial charge in [0.25, 0.3) is 5.91 Å². The number of nitrogens with two attached hydrogens (primary N) is 2. The number of nitrogens with zero attached hydrogens (tertiary/aromatic N) is 2. The molecule has 1 aliphatic carbocycles. The summed E-state index contributed by atoms with van der Waals surface area (Å²) < 4.78 is 5.63. The van der Waals surface area contributed by atoms with E-state index in [1.54, 1.807) is 0 Å². The van der Waals surface area contributed by atoms with Crippen molar-refractivity contribution in [3.8, 4) is 0 Å². The van der Waals surface area contributed by atoms with E-state index in [2.05, 4.69) is 20.6 Å². The Morgan fingerprint density at radius 2 is 1.94 bits per heavy atom.